The summed E-state index contributed by atoms with van der Waals surface area (Å²) in [5.41, 5.74) is -0.790. The van der Waals surface area contributed by atoms with Crippen LogP contribution in [0.1, 0.15) is 67.2 Å². The Kier molecular flexibility index (Phi) is 9.23. The predicted molar refractivity (Wildman–Crippen MR) is 127 cm³/mol. The van der Waals surface area contributed by atoms with Gasteiger partial charge >= 0.3 is 12.1 Å². The first kappa shape index (κ1) is 27.0. The van der Waals surface area contributed by atoms with Gasteiger partial charge in [0, 0.05) is 37.5 Å². The molecule has 1 saturated carbocycles. The van der Waals surface area contributed by atoms with Gasteiger partial charge in [0.05, 0.1) is 6.61 Å². The average molecular weight is 467 g/mol. The summed E-state index contributed by atoms with van der Waals surface area (Å²) in [5, 5.41) is 13.2. The molecule has 2 atom stereocenters. The summed E-state index contributed by atoms with van der Waals surface area (Å²) in [6.07, 6.45) is 6.75. The van der Waals surface area contributed by atoms with E-state index in [2.05, 4.69) is 17.1 Å². The first-order chi connectivity index (χ1) is 15.4. The molecule has 188 valence electrons. The second-order valence-electron chi connectivity index (χ2n) is 10.2. The van der Waals surface area contributed by atoms with Crippen molar-refractivity contribution in [1.82, 2.24) is 10.2 Å². The first-order valence-electron chi connectivity index (χ1n) is 12.0. The number of nitrogens with one attached hydrogen (secondary N) is 1. The van der Waals surface area contributed by atoms with Crippen LogP contribution in [0.2, 0.25) is 0 Å². The first-order valence-corrected chi connectivity index (χ1v) is 12.0. The van der Waals surface area contributed by atoms with Gasteiger partial charge < -0.3 is 29.5 Å². The van der Waals surface area contributed by atoms with Crippen molar-refractivity contribution in [2.75, 3.05) is 26.9 Å². The van der Waals surface area contributed by atoms with E-state index in [0.29, 0.717) is 25.5 Å². The minimum absolute atomic E-state index is 0.0627. The number of hydrogen-bond acceptors (Lipinski definition) is 6. The Balaban J connectivity index is 2.15. The smallest absolute Gasteiger partial charge is 0.407 e. The van der Waals surface area contributed by atoms with Gasteiger partial charge in [-0.05, 0) is 72.3 Å². The molecule has 0 bridgehead atoms. The van der Waals surface area contributed by atoms with E-state index in [4.69, 9.17) is 14.2 Å². The number of amides is 1. The Bertz CT molecular complexity index is 748. The molecule has 1 amide bonds. The molecule has 2 unspecified atom stereocenters. The highest BCUT2D eigenvalue weighted by Crippen LogP contribution is 2.44. The maximum Gasteiger partial charge on any atom is 0.407 e. The van der Waals surface area contributed by atoms with E-state index < -0.39 is 17.0 Å². The number of alkyl carbamates (subject to hydrolysis) is 1. The lowest BCUT2D eigenvalue weighted by atomic mass is 9.71. The van der Waals surface area contributed by atoms with Crippen molar-refractivity contribution in [3.05, 3.63) is 23.6 Å². The summed E-state index contributed by atoms with van der Waals surface area (Å²) in [4.78, 5) is 26.8. The number of ether oxygens (including phenoxy) is 3. The van der Waals surface area contributed by atoms with Gasteiger partial charge in [0.25, 0.3) is 0 Å². The molecule has 2 N–H and O–H groups in total. The number of carboxylic acid groups (broad SMARTS) is 1. The molecule has 0 saturated heterocycles. The summed E-state index contributed by atoms with van der Waals surface area (Å²) in [6, 6.07) is 0.259. The molecule has 0 radical (unpaired) electrons. The number of allylic oxidation sites excluding steroid dienone is 2. The second kappa shape index (κ2) is 11.3. The van der Waals surface area contributed by atoms with Crippen LogP contribution in [0.5, 0.6) is 0 Å². The molecule has 2 aliphatic rings. The Hall–Kier alpha value is -2.22. The minimum atomic E-state index is -1.05. The van der Waals surface area contributed by atoms with Crippen LogP contribution in [0.4, 0.5) is 4.79 Å². The molecule has 8 heteroatoms. The largest absolute Gasteiger partial charge is 0.491 e. The van der Waals surface area contributed by atoms with Crippen LogP contribution < -0.4 is 5.32 Å². The van der Waals surface area contributed by atoms with Crippen molar-refractivity contribution in [2.45, 2.75) is 84.9 Å². The molecule has 1 fully saturated rings. The molecule has 0 heterocycles. The number of carbonyl (C=O) groups excluding carboxylic acids is 1. The van der Waals surface area contributed by atoms with E-state index in [1.165, 1.54) is 0 Å². The zero-order valence-corrected chi connectivity index (χ0v) is 21.3. The lowest BCUT2D eigenvalue weighted by Gasteiger charge is -2.46. The maximum atomic E-state index is 12.4. The molecule has 33 heavy (non-hydrogen) atoms. The monoisotopic (exact) mass is 466 g/mol. The molecule has 0 aromatic carbocycles. The summed E-state index contributed by atoms with van der Waals surface area (Å²) >= 11 is 0. The van der Waals surface area contributed by atoms with Crippen LogP contribution >= 0.6 is 0 Å². The lowest BCUT2D eigenvalue weighted by molar-refractivity contribution is -0.149. The summed E-state index contributed by atoms with van der Waals surface area (Å²) in [7, 11) is 1.62. The fraction of sp³-hybridized carbons (Fsp3) is 0.760. The molecule has 0 aliphatic heterocycles. The van der Waals surface area contributed by atoms with Crippen LogP contribution in [0.15, 0.2) is 23.6 Å². The van der Waals surface area contributed by atoms with Gasteiger partial charge in [-0.2, -0.15) is 0 Å². The van der Waals surface area contributed by atoms with Gasteiger partial charge in [-0.25, -0.2) is 4.79 Å². The molecule has 2 rings (SSSR count). The lowest BCUT2D eigenvalue weighted by Crippen LogP contribution is -2.50. The van der Waals surface area contributed by atoms with E-state index in [1.54, 1.807) is 14.0 Å². The fourth-order valence-corrected chi connectivity index (χ4v) is 4.63. The second-order valence-corrected chi connectivity index (χ2v) is 10.2. The van der Waals surface area contributed by atoms with Crippen LogP contribution in [-0.4, -0.2) is 66.6 Å². The summed E-state index contributed by atoms with van der Waals surface area (Å²) in [5.74, 6) is -0.383. The number of carbonyl (C=O) groups is 2. The third kappa shape index (κ3) is 6.88. The SMILES string of the molecule is CCN(C1=CC(OCCOC)=CC(C)C1(C)C(=O)O)C1CCC(NC(=O)OC(C)(C)C)CC1. The third-order valence-corrected chi connectivity index (χ3v) is 6.64. The van der Waals surface area contributed by atoms with Gasteiger partial charge in [-0.1, -0.05) is 6.92 Å². The van der Waals surface area contributed by atoms with Crippen LogP contribution in [-0.2, 0) is 19.0 Å². The molecule has 2 aliphatic carbocycles. The van der Waals surface area contributed by atoms with E-state index in [9.17, 15) is 14.7 Å². The van der Waals surface area contributed by atoms with Crippen molar-refractivity contribution in [3.8, 4) is 0 Å². The Labute approximate surface area is 198 Å². The normalized spacial score (nSPS) is 27.8. The van der Waals surface area contributed by atoms with Gasteiger partial charge in [-0.15, -0.1) is 0 Å². The van der Waals surface area contributed by atoms with Crippen molar-refractivity contribution in [1.29, 1.82) is 0 Å². The van der Waals surface area contributed by atoms with E-state index >= 15 is 0 Å². The van der Waals surface area contributed by atoms with E-state index in [0.717, 1.165) is 31.4 Å². The Morgan fingerprint density at radius 1 is 1.21 bits per heavy atom. The zero-order chi connectivity index (χ0) is 24.8. The van der Waals surface area contributed by atoms with Crippen molar-refractivity contribution in [2.24, 2.45) is 11.3 Å². The number of rotatable bonds is 9. The number of methoxy groups -OCH3 is 1. The van der Waals surface area contributed by atoms with Crippen LogP contribution in [0.3, 0.4) is 0 Å². The molecular formula is C25H42N2O6. The standard InChI is InChI=1S/C25H42N2O6/c1-8-27(19-11-9-18(10-12-19)26-23(30)33-24(3,4)5)21-16-20(32-14-13-31-7)15-17(2)25(21,6)22(28)29/h15-19H,8-14H2,1-7H3,(H,26,30)(H,28,29). The van der Waals surface area contributed by atoms with Crippen LogP contribution in [0, 0.1) is 11.3 Å². The minimum Gasteiger partial charge on any atom is -0.491 e. The predicted octanol–water partition coefficient (Wildman–Crippen LogP) is 4.32. The van der Waals surface area contributed by atoms with Gasteiger partial charge in [0.2, 0.25) is 0 Å². The fourth-order valence-electron chi connectivity index (χ4n) is 4.63. The summed E-state index contributed by atoms with van der Waals surface area (Å²) in [6.45, 7) is 12.9. The van der Waals surface area contributed by atoms with Crippen molar-refractivity contribution >= 4 is 12.1 Å². The van der Waals surface area contributed by atoms with E-state index in [-0.39, 0.29) is 24.1 Å². The molecular weight excluding hydrogens is 424 g/mol. The number of hydrogen-bond donors (Lipinski definition) is 2. The maximum absolute atomic E-state index is 12.4. The zero-order valence-electron chi connectivity index (χ0n) is 21.3. The highest BCUT2D eigenvalue weighted by Gasteiger charge is 2.47. The number of carboxylic acids is 1. The quantitative estimate of drug-likeness (QED) is 0.489. The van der Waals surface area contributed by atoms with E-state index in [1.807, 2.05) is 39.8 Å². The Morgan fingerprint density at radius 2 is 1.85 bits per heavy atom. The van der Waals surface area contributed by atoms with Gasteiger partial charge in [-0.3, -0.25) is 4.79 Å². The van der Waals surface area contributed by atoms with Gasteiger partial charge in [0.1, 0.15) is 23.4 Å². The van der Waals surface area contributed by atoms with Crippen molar-refractivity contribution < 1.29 is 28.9 Å². The number of aliphatic carboxylic acids is 1. The topological polar surface area (TPSA) is 97.3 Å². The van der Waals surface area contributed by atoms with Gasteiger partial charge in [0.15, 0.2) is 0 Å². The number of nitrogens with zero attached hydrogens (tertiary/aromatic N) is 1. The highest BCUT2D eigenvalue weighted by atomic mass is 16.6. The third-order valence-electron chi connectivity index (χ3n) is 6.64. The molecule has 0 aromatic rings. The highest BCUT2D eigenvalue weighted by molar-refractivity contribution is 5.79. The van der Waals surface area contributed by atoms with Crippen molar-refractivity contribution in [3.63, 3.8) is 0 Å². The molecule has 0 spiro atoms. The summed E-state index contributed by atoms with van der Waals surface area (Å²) < 4.78 is 16.3. The Morgan fingerprint density at radius 3 is 2.36 bits per heavy atom. The molecule has 0 aromatic heterocycles. The average Bonchev–Trinajstić information content (AvgIpc) is 2.71. The molecule has 8 nitrogen and oxygen atoms in total. The van der Waals surface area contributed by atoms with Crippen LogP contribution in [0.25, 0.3) is 0 Å².